The van der Waals surface area contributed by atoms with Crippen molar-refractivity contribution in [1.29, 1.82) is 0 Å². The maximum absolute atomic E-state index is 13.0. The molecule has 0 spiro atoms. The fraction of sp³-hybridized carbons (Fsp3) is 0.333. The number of nitrogens with zero attached hydrogens (tertiary/aromatic N) is 3. The lowest BCUT2D eigenvalue weighted by Gasteiger charge is -2.18. The van der Waals surface area contributed by atoms with Crippen LogP contribution in [-0.2, 0) is 13.0 Å². The first-order valence-corrected chi connectivity index (χ1v) is 7.00. The Morgan fingerprint density at radius 3 is 2.91 bits per heavy atom. The molecule has 5 nitrogen and oxygen atoms in total. The maximum Gasteiger partial charge on any atom is 0.319 e. The molecule has 8 heteroatoms. The van der Waals surface area contributed by atoms with Gasteiger partial charge in [0.2, 0.25) is 0 Å². The minimum Gasteiger partial charge on any atom is -0.338 e. The van der Waals surface area contributed by atoms with Gasteiger partial charge in [-0.2, -0.15) is 8.78 Å². The standard InChI is InChI=1S/C15H17F3N4O/c1-21(10-13-19-7-8-22(13)14(17)18)15(23)20-6-5-11-3-2-4-12(16)9-11/h2-4,7-9,14H,5-6,10H2,1H3,(H,20,23). The molecule has 2 amide bonds. The molecule has 0 saturated heterocycles. The van der Waals surface area contributed by atoms with E-state index < -0.39 is 12.6 Å². The van der Waals surface area contributed by atoms with Gasteiger partial charge in [-0.1, -0.05) is 12.1 Å². The lowest BCUT2D eigenvalue weighted by atomic mass is 10.1. The summed E-state index contributed by atoms with van der Waals surface area (Å²) < 4.78 is 39.2. The Balaban J connectivity index is 1.82. The molecule has 0 unspecified atom stereocenters. The fourth-order valence-corrected chi connectivity index (χ4v) is 2.07. The van der Waals surface area contributed by atoms with Crippen LogP contribution < -0.4 is 5.32 Å². The minimum atomic E-state index is -2.70. The van der Waals surface area contributed by atoms with Crippen molar-refractivity contribution in [2.45, 2.75) is 19.5 Å². The first-order valence-electron chi connectivity index (χ1n) is 7.00. The average Bonchev–Trinajstić information content (AvgIpc) is 2.95. The molecule has 124 valence electrons. The molecule has 0 radical (unpaired) electrons. The number of amides is 2. The van der Waals surface area contributed by atoms with Crippen LogP contribution in [0.25, 0.3) is 0 Å². The molecule has 23 heavy (non-hydrogen) atoms. The van der Waals surface area contributed by atoms with Crippen LogP contribution in [0.15, 0.2) is 36.7 Å². The van der Waals surface area contributed by atoms with Gasteiger partial charge < -0.3 is 10.2 Å². The van der Waals surface area contributed by atoms with Gasteiger partial charge in [-0.25, -0.2) is 14.2 Å². The summed E-state index contributed by atoms with van der Waals surface area (Å²) in [4.78, 5) is 17.0. The number of imidazole rings is 1. The normalized spacial score (nSPS) is 10.8. The van der Waals surface area contributed by atoms with E-state index in [4.69, 9.17) is 0 Å². The van der Waals surface area contributed by atoms with Gasteiger partial charge in [0.15, 0.2) is 0 Å². The molecule has 1 heterocycles. The highest BCUT2D eigenvalue weighted by molar-refractivity contribution is 5.73. The average molecular weight is 326 g/mol. The Kier molecular flexibility index (Phi) is 5.61. The second-order valence-electron chi connectivity index (χ2n) is 5.00. The summed E-state index contributed by atoms with van der Waals surface area (Å²) in [6.07, 6.45) is 2.90. The quantitative estimate of drug-likeness (QED) is 0.887. The van der Waals surface area contributed by atoms with Gasteiger partial charge in [-0.3, -0.25) is 4.57 Å². The molecule has 0 aliphatic rings. The predicted octanol–water partition coefficient (Wildman–Crippen LogP) is 2.80. The molecule has 0 bridgehead atoms. The van der Waals surface area contributed by atoms with Crippen molar-refractivity contribution in [1.82, 2.24) is 19.8 Å². The van der Waals surface area contributed by atoms with Crippen molar-refractivity contribution in [2.24, 2.45) is 0 Å². The molecular formula is C15H17F3N4O. The zero-order valence-corrected chi connectivity index (χ0v) is 12.5. The van der Waals surface area contributed by atoms with Crippen molar-refractivity contribution >= 4 is 6.03 Å². The highest BCUT2D eigenvalue weighted by Gasteiger charge is 2.15. The summed E-state index contributed by atoms with van der Waals surface area (Å²) >= 11 is 0. The van der Waals surface area contributed by atoms with Crippen molar-refractivity contribution < 1.29 is 18.0 Å². The second kappa shape index (κ2) is 7.66. The maximum atomic E-state index is 13.0. The lowest BCUT2D eigenvalue weighted by molar-refractivity contribution is 0.0651. The van der Waals surface area contributed by atoms with Crippen LogP contribution in [0.4, 0.5) is 18.0 Å². The topological polar surface area (TPSA) is 50.2 Å². The van der Waals surface area contributed by atoms with Crippen LogP contribution in [0.3, 0.4) is 0 Å². The zero-order chi connectivity index (χ0) is 16.8. The highest BCUT2D eigenvalue weighted by atomic mass is 19.3. The SMILES string of the molecule is CN(Cc1nccn1C(F)F)C(=O)NCCc1cccc(F)c1. The van der Waals surface area contributed by atoms with E-state index in [1.165, 1.54) is 30.3 Å². The summed E-state index contributed by atoms with van der Waals surface area (Å²) in [5, 5.41) is 2.65. The third-order valence-corrected chi connectivity index (χ3v) is 3.26. The number of halogens is 3. The first kappa shape index (κ1) is 16.9. The molecule has 0 atom stereocenters. The smallest absolute Gasteiger partial charge is 0.319 e. The van der Waals surface area contributed by atoms with Crippen molar-refractivity contribution in [3.8, 4) is 0 Å². The lowest BCUT2D eigenvalue weighted by Crippen LogP contribution is -2.38. The number of benzene rings is 1. The number of urea groups is 1. The predicted molar refractivity (Wildman–Crippen MR) is 78.4 cm³/mol. The molecule has 2 rings (SSSR count). The fourth-order valence-electron chi connectivity index (χ4n) is 2.07. The van der Waals surface area contributed by atoms with E-state index in [9.17, 15) is 18.0 Å². The Bertz CT molecular complexity index is 660. The van der Waals surface area contributed by atoms with Gasteiger partial charge >= 0.3 is 12.6 Å². The summed E-state index contributed by atoms with van der Waals surface area (Å²) in [6, 6.07) is 5.70. The van der Waals surface area contributed by atoms with E-state index in [2.05, 4.69) is 10.3 Å². The van der Waals surface area contributed by atoms with Crippen molar-refractivity contribution in [3.05, 3.63) is 53.9 Å². The monoisotopic (exact) mass is 326 g/mol. The molecule has 0 aliphatic carbocycles. The summed E-state index contributed by atoms with van der Waals surface area (Å²) in [6.45, 7) is -2.42. The third-order valence-electron chi connectivity index (χ3n) is 3.26. The van der Waals surface area contributed by atoms with E-state index in [1.807, 2.05) is 0 Å². The van der Waals surface area contributed by atoms with E-state index in [-0.39, 0.29) is 18.2 Å². The van der Waals surface area contributed by atoms with Crippen LogP contribution in [0.2, 0.25) is 0 Å². The van der Waals surface area contributed by atoms with Gasteiger partial charge in [0, 0.05) is 26.0 Å². The van der Waals surface area contributed by atoms with E-state index in [1.54, 1.807) is 12.1 Å². The molecule has 0 fully saturated rings. The molecule has 0 aliphatic heterocycles. The number of aromatic nitrogens is 2. The van der Waals surface area contributed by atoms with Gasteiger partial charge in [0.1, 0.15) is 11.6 Å². The molecule has 0 saturated carbocycles. The Hall–Kier alpha value is -2.51. The number of nitrogens with one attached hydrogen (secondary N) is 1. The molecular weight excluding hydrogens is 309 g/mol. The Morgan fingerprint density at radius 2 is 2.22 bits per heavy atom. The van der Waals surface area contributed by atoms with E-state index in [0.29, 0.717) is 17.5 Å². The first-order chi connectivity index (χ1) is 11.0. The van der Waals surface area contributed by atoms with E-state index >= 15 is 0 Å². The summed E-state index contributed by atoms with van der Waals surface area (Å²) in [7, 11) is 1.49. The summed E-state index contributed by atoms with van der Waals surface area (Å²) in [5.74, 6) is -0.229. The number of alkyl halides is 2. The van der Waals surface area contributed by atoms with E-state index in [0.717, 1.165) is 11.8 Å². The molecule has 2 aromatic rings. The number of carbonyl (C=O) groups is 1. The second-order valence-corrected chi connectivity index (χ2v) is 5.00. The number of rotatable bonds is 6. The Morgan fingerprint density at radius 1 is 1.43 bits per heavy atom. The van der Waals surface area contributed by atoms with Crippen LogP contribution in [0, 0.1) is 5.82 Å². The van der Waals surface area contributed by atoms with Crippen LogP contribution in [-0.4, -0.2) is 34.1 Å². The molecule has 1 aromatic carbocycles. The Labute approximate surface area is 131 Å². The minimum absolute atomic E-state index is 0.0386. The van der Waals surface area contributed by atoms with Gasteiger partial charge in [0.25, 0.3) is 0 Å². The third kappa shape index (κ3) is 4.73. The van der Waals surface area contributed by atoms with Crippen molar-refractivity contribution in [3.63, 3.8) is 0 Å². The number of hydrogen-bond acceptors (Lipinski definition) is 2. The van der Waals surface area contributed by atoms with Gasteiger partial charge in [-0.15, -0.1) is 0 Å². The largest absolute Gasteiger partial charge is 0.338 e. The zero-order valence-electron chi connectivity index (χ0n) is 12.5. The number of carbonyl (C=O) groups excluding carboxylic acids is 1. The van der Waals surface area contributed by atoms with Crippen LogP contribution >= 0.6 is 0 Å². The van der Waals surface area contributed by atoms with Crippen molar-refractivity contribution in [2.75, 3.05) is 13.6 Å². The molecule has 1 aromatic heterocycles. The molecule has 1 N–H and O–H groups in total. The van der Waals surface area contributed by atoms with Crippen LogP contribution in [0.1, 0.15) is 17.9 Å². The van der Waals surface area contributed by atoms with Gasteiger partial charge in [0.05, 0.1) is 6.54 Å². The van der Waals surface area contributed by atoms with Gasteiger partial charge in [-0.05, 0) is 24.1 Å². The van der Waals surface area contributed by atoms with Crippen LogP contribution in [0.5, 0.6) is 0 Å². The highest BCUT2D eigenvalue weighted by Crippen LogP contribution is 2.13. The number of hydrogen-bond donors (Lipinski definition) is 1. The summed E-state index contributed by atoms with van der Waals surface area (Å²) in [5.41, 5.74) is 0.765.